The van der Waals surface area contributed by atoms with Crippen LogP contribution in [0.4, 0.5) is 11.4 Å². The zero-order chi connectivity index (χ0) is 25.1. The number of pyridine rings is 1. The molecule has 2 atom stereocenters. The number of aromatic nitrogens is 2. The fourth-order valence-corrected chi connectivity index (χ4v) is 5.17. The van der Waals surface area contributed by atoms with Gasteiger partial charge >= 0.3 is 0 Å². The van der Waals surface area contributed by atoms with Gasteiger partial charge in [0, 0.05) is 36.9 Å². The van der Waals surface area contributed by atoms with Gasteiger partial charge in [0.2, 0.25) is 5.91 Å². The van der Waals surface area contributed by atoms with Crippen LogP contribution in [0, 0.1) is 13.8 Å². The molecule has 0 aliphatic carbocycles. The van der Waals surface area contributed by atoms with E-state index in [4.69, 9.17) is 21.7 Å². The molecular weight excluding hydrogens is 462 g/mol. The lowest BCUT2D eigenvalue weighted by atomic mass is 9.96. The van der Waals surface area contributed by atoms with Gasteiger partial charge in [-0.3, -0.25) is 9.78 Å². The fraction of sp³-hybridized carbons (Fsp3) is 0.346. The summed E-state index contributed by atoms with van der Waals surface area (Å²) in [4.78, 5) is 19.0. The molecule has 0 spiro atoms. The van der Waals surface area contributed by atoms with Gasteiger partial charge in [0.05, 0.1) is 30.6 Å². The SMILES string of the molecule is CCn1c(C)cc([C@H]2[C@H](c3ccccn3)NC(=S)N2c2ccc(OC)c(NC(=O)COC)c2)c1C. The molecule has 1 aliphatic rings. The van der Waals surface area contributed by atoms with Crippen molar-refractivity contribution in [3.63, 3.8) is 0 Å². The number of hydrogen-bond donors (Lipinski definition) is 2. The molecule has 184 valence electrons. The summed E-state index contributed by atoms with van der Waals surface area (Å²) in [6.45, 7) is 7.25. The number of amides is 1. The van der Waals surface area contributed by atoms with Crippen molar-refractivity contribution in [2.45, 2.75) is 39.4 Å². The summed E-state index contributed by atoms with van der Waals surface area (Å²) >= 11 is 5.86. The summed E-state index contributed by atoms with van der Waals surface area (Å²) in [5.74, 6) is 0.290. The minimum Gasteiger partial charge on any atom is -0.495 e. The standard InChI is InChI=1S/C26H31N5O3S/c1-6-30-16(2)13-19(17(30)3)25-24(20-9-7-8-12-27-20)29-26(35)31(25)18-10-11-22(34-5)21(14-18)28-23(32)15-33-4/h7-14,24-25H,6,15H2,1-5H3,(H,28,32)(H,29,35)/t24-,25-/m0/s1. The second-order valence-corrected chi connectivity index (χ2v) is 8.82. The maximum absolute atomic E-state index is 12.3. The van der Waals surface area contributed by atoms with Gasteiger partial charge in [0.1, 0.15) is 12.4 Å². The molecule has 8 nitrogen and oxygen atoms in total. The predicted molar refractivity (Wildman–Crippen MR) is 141 cm³/mol. The summed E-state index contributed by atoms with van der Waals surface area (Å²) in [5, 5.41) is 6.96. The quantitative estimate of drug-likeness (QED) is 0.453. The van der Waals surface area contributed by atoms with Crippen molar-refractivity contribution in [2.75, 3.05) is 31.0 Å². The number of ether oxygens (including phenoxy) is 2. The second kappa shape index (κ2) is 10.5. The molecule has 1 fully saturated rings. The predicted octanol–water partition coefficient (Wildman–Crippen LogP) is 4.29. The Morgan fingerprint density at radius 2 is 2.00 bits per heavy atom. The van der Waals surface area contributed by atoms with Crippen molar-refractivity contribution in [1.82, 2.24) is 14.9 Å². The van der Waals surface area contributed by atoms with Gasteiger partial charge in [-0.1, -0.05) is 6.07 Å². The van der Waals surface area contributed by atoms with Crippen molar-refractivity contribution in [3.05, 3.63) is 71.3 Å². The van der Waals surface area contributed by atoms with Gasteiger partial charge in [-0.05, 0) is 75.0 Å². The first kappa shape index (κ1) is 24.7. The molecule has 2 aromatic heterocycles. The largest absolute Gasteiger partial charge is 0.495 e. The number of carbonyl (C=O) groups is 1. The van der Waals surface area contributed by atoms with E-state index in [1.165, 1.54) is 24.1 Å². The van der Waals surface area contributed by atoms with E-state index < -0.39 is 0 Å². The minimum atomic E-state index is -0.264. The molecule has 4 rings (SSSR count). The Morgan fingerprint density at radius 1 is 1.20 bits per heavy atom. The first-order valence-corrected chi connectivity index (χ1v) is 11.9. The Kier molecular flexibility index (Phi) is 7.37. The molecule has 0 radical (unpaired) electrons. The van der Waals surface area contributed by atoms with Crippen molar-refractivity contribution in [3.8, 4) is 5.75 Å². The Balaban J connectivity index is 1.83. The Bertz CT molecular complexity index is 1230. The van der Waals surface area contributed by atoms with Gasteiger partial charge in [-0.25, -0.2) is 0 Å². The highest BCUT2D eigenvalue weighted by Crippen LogP contribution is 2.44. The van der Waals surface area contributed by atoms with E-state index in [0.717, 1.165) is 17.9 Å². The maximum Gasteiger partial charge on any atom is 0.250 e. The number of rotatable bonds is 8. The normalized spacial score (nSPS) is 17.4. The molecule has 1 saturated heterocycles. The summed E-state index contributed by atoms with van der Waals surface area (Å²) < 4.78 is 12.8. The molecule has 9 heteroatoms. The van der Waals surface area contributed by atoms with Crippen LogP contribution in [0.1, 0.15) is 41.7 Å². The van der Waals surface area contributed by atoms with Crippen molar-refractivity contribution in [1.29, 1.82) is 0 Å². The topological polar surface area (TPSA) is 80.7 Å². The Morgan fingerprint density at radius 3 is 2.63 bits per heavy atom. The number of anilines is 2. The highest BCUT2D eigenvalue weighted by atomic mass is 32.1. The minimum absolute atomic E-state index is 0.0511. The van der Waals surface area contributed by atoms with E-state index in [9.17, 15) is 4.79 Å². The Hall–Kier alpha value is -3.43. The van der Waals surface area contributed by atoms with Gasteiger partial charge in [0.25, 0.3) is 0 Å². The number of methoxy groups -OCH3 is 2. The zero-order valence-corrected chi connectivity index (χ0v) is 21.5. The van der Waals surface area contributed by atoms with Gasteiger partial charge in [-0.15, -0.1) is 0 Å². The molecule has 1 amide bonds. The van der Waals surface area contributed by atoms with E-state index in [0.29, 0.717) is 16.5 Å². The van der Waals surface area contributed by atoms with Crippen LogP contribution >= 0.6 is 12.2 Å². The highest BCUT2D eigenvalue weighted by Gasteiger charge is 2.42. The summed E-state index contributed by atoms with van der Waals surface area (Å²) in [7, 11) is 3.05. The third-order valence-corrected chi connectivity index (χ3v) is 6.67. The molecule has 0 unspecified atom stereocenters. The summed E-state index contributed by atoms with van der Waals surface area (Å²) in [6.07, 6.45) is 1.80. The molecule has 0 bridgehead atoms. The average Bonchev–Trinajstić information content (AvgIpc) is 3.34. The van der Waals surface area contributed by atoms with E-state index in [-0.39, 0.29) is 24.6 Å². The van der Waals surface area contributed by atoms with Gasteiger partial charge in [0.15, 0.2) is 5.11 Å². The molecule has 1 aromatic carbocycles. The lowest BCUT2D eigenvalue weighted by Crippen LogP contribution is -2.29. The van der Waals surface area contributed by atoms with Crippen molar-refractivity contribution < 1.29 is 14.3 Å². The number of nitrogens with one attached hydrogen (secondary N) is 2. The molecule has 3 aromatic rings. The zero-order valence-electron chi connectivity index (χ0n) is 20.7. The number of aryl methyl sites for hydroxylation is 1. The summed E-state index contributed by atoms with van der Waals surface area (Å²) in [5.41, 5.74) is 5.85. The second-order valence-electron chi connectivity index (χ2n) is 8.43. The van der Waals surface area contributed by atoms with E-state index in [1.54, 1.807) is 13.3 Å². The van der Waals surface area contributed by atoms with Crippen LogP contribution in [0.3, 0.4) is 0 Å². The number of hydrogen-bond acceptors (Lipinski definition) is 5. The van der Waals surface area contributed by atoms with Crippen LogP contribution in [-0.4, -0.2) is 41.4 Å². The van der Waals surface area contributed by atoms with Gasteiger partial charge in [-0.2, -0.15) is 0 Å². The summed E-state index contributed by atoms with van der Waals surface area (Å²) in [6, 6.07) is 13.5. The maximum atomic E-state index is 12.3. The lowest BCUT2D eigenvalue weighted by molar-refractivity contribution is -0.119. The van der Waals surface area contributed by atoms with Crippen molar-refractivity contribution >= 4 is 34.6 Å². The van der Waals surface area contributed by atoms with Crippen LogP contribution in [0.5, 0.6) is 5.75 Å². The van der Waals surface area contributed by atoms with E-state index in [1.807, 2.05) is 36.4 Å². The number of benzene rings is 1. The first-order chi connectivity index (χ1) is 16.9. The highest BCUT2D eigenvalue weighted by molar-refractivity contribution is 7.80. The average molecular weight is 494 g/mol. The first-order valence-electron chi connectivity index (χ1n) is 11.5. The molecule has 35 heavy (non-hydrogen) atoms. The number of carbonyl (C=O) groups excluding carboxylic acids is 1. The van der Waals surface area contributed by atoms with Crippen LogP contribution in [-0.2, 0) is 16.1 Å². The molecule has 1 aliphatic heterocycles. The third-order valence-electron chi connectivity index (χ3n) is 6.36. The molecule has 0 saturated carbocycles. The van der Waals surface area contributed by atoms with Crippen LogP contribution in [0.25, 0.3) is 0 Å². The van der Waals surface area contributed by atoms with E-state index in [2.05, 4.69) is 51.9 Å². The van der Waals surface area contributed by atoms with Crippen LogP contribution < -0.4 is 20.3 Å². The van der Waals surface area contributed by atoms with Crippen molar-refractivity contribution in [2.24, 2.45) is 0 Å². The lowest BCUT2D eigenvalue weighted by Gasteiger charge is -2.29. The fourth-order valence-electron chi connectivity index (χ4n) is 4.82. The van der Waals surface area contributed by atoms with E-state index >= 15 is 0 Å². The Labute approximate surface area is 211 Å². The monoisotopic (exact) mass is 493 g/mol. The molecule has 2 N–H and O–H groups in total. The third kappa shape index (κ3) is 4.74. The number of thiocarbonyl (C=S) groups is 1. The molecular formula is C26H31N5O3S. The molecule has 3 heterocycles. The smallest absolute Gasteiger partial charge is 0.250 e. The van der Waals surface area contributed by atoms with Crippen LogP contribution in [0.2, 0.25) is 0 Å². The van der Waals surface area contributed by atoms with Crippen LogP contribution in [0.15, 0.2) is 48.7 Å². The van der Waals surface area contributed by atoms with Gasteiger partial charge < -0.3 is 29.6 Å². The number of nitrogens with zero attached hydrogens (tertiary/aromatic N) is 3.